The van der Waals surface area contributed by atoms with Gasteiger partial charge < -0.3 is 9.15 Å². The van der Waals surface area contributed by atoms with Crippen LogP contribution in [0, 0.1) is 0 Å². The van der Waals surface area contributed by atoms with E-state index in [9.17, 15) is 8.42 Å². The van der Waals surface area contributed by atoms with E-state index in [1.54, 1.807) is 38.3 Å². The van der Waals surface area contributed by atoms with Crippen molar-refractivity contribution in [2.45, 2.75) is 19.9 Å². The van der Waals surface area contributed by atoms with Crippen LogP contribution in [0.5, 0.6) is 5.75 Å². The average molecular weight is 311 g/mol. The summed E-state index contributed by atoms with van der Waals surface area (Å²) in [4.78, 5) is 0. The summed E-state index contributed by atoms with van der Waals surface area (Å²) in [5.74, 6) is 1.36. The Bertz CT molecular complexity index is 680. The summed E-state index contributed by atoms with van der Waals surface area (Å²) in [5, 5.41) is 7.72. The second-order valence-electron chi connectivity index (χ2n) is 4.37. The van der Waals surface area contributed by atoms with Crippen LogP contribution in [0.1, 0.15) is 19.2 Å². The zero-order valence-electron chi connectivity index (χ0n) is 11.9. The van der Waals surface area contributed by atoms with E-state index in [1.807, 2.05) is 0 Å². The van der Waals surface area contributed by atoms with Crippen LogP contribution in [-0.2, 0) is 16.6 Å². The molecule has 2 aromatic rings. The largest absolute Gasteiger partial charge is 0.497 e. The minimum atomic E-state index is -3.29. The molecule has 0 aliphatic heterocycles. The molecule has 0 spiro atoms. The number of nitrogens with one attached hydrogen (secondary N) is 1. The number of nitrogens with zero attached hydrogens (tertiary/aromatic N) is 2. The third-order valence-corrected chi connectivity index (χ3v) is 4.25. The molecule has 2 rings (SSSR count). The molecule has 0 aliphatic carbocycles. The lowest BCUT2D eigenvalue weighted by atomic mass is 10.2. The molecular formula is C13H17N3O4S. The van der Waals surface area contributed by atoms with Gasteiger partial charge in [0.2, 0.25) is 21.8 Å². The number of benzene rings is 1. The minimum absolute atomic E-state index is 0.00844. The number of hydrogen-bond acceptors (Lipinski definition) is 6. The first-order valence-electron chi connectivity index (χ1n) is 6.48. The molecule has 21 heavy (non-hydrogen) atoms. The normalized spacial score (nSPS) is 11.5. The Morgan fingerprint density at radius 1 is 1.24 bits per heavy atom. The first kappa shape index (κ1) is 15.5. The van der Waals surface area contributed by atoms with Crippen molar-refractivity contribution >= 4 is 10.0 Å². The molecule has 0 fully saturated rings. The second-order valence-corrected chi connectivity index (χ2v) is 6.30. The summed E-state index contributed by atoms with van der Waals surface area (Å²) in [6.45, 7) is 1.79. The van der Waals surface area contributed by atoms with Crippen molar-refractivity contribution < 1.29 is 17.6 Å². The minimum Gasteiger partial charge on any atom is -0.497 e. The number of aromatic nitrogens is 2. The van der Waals surface area contributed by atoms with Crippen LogP contribution in [0.2, 0.25) is 0 Å². The van der Waals surface area contributed by atoms with Gasteiger partial charge in [-0.15, -0.1) is 10.2 Å². The fourth-order valence-electron chi connectivity index (χ4n) is 1.69. The standard InChI is InChI=1S/C13H17N3O4S/c1-3-8-21(17,18)14-9-12-15-16-13(20-12)10-4-6-11(19-2)7-5-10/h4-7,14H,3,8-9H2,1-2H3. The van der Waals surface area contributed by atoms with Gasteiger partial charge in [-0.05, 0) is 30.7 Å². The molecule has 0 amide bonds. The molecule has 0 unspecified atom stereocenters. The number of sulfonamides is 1. The molecule has 1 heterocycles. The molecule has 1 aromatic heterocycles. The highest BCUT2D eigenvalue weighted by Gasteiger charge is 2.12. The molecule has 0 radical (unpaired) electrons. The third kappa shape index (κ3) is 4.27. The van der Waals surface area contributed by atoms with Gasteiger partial charge in [0.25, 0.3) is 0 Å². The smallest absolute Gasteiger partial charge is 0.247 e. The van der Waals surface area contributed by atoms with Crippen molar-refractivity contribution in [2.24, 2.45) is 0 Å². The average Bonchev–Trinajstić information content (AvgIpc) is 2.94. The highest BCUT2D eigenvalue weighted by atomic mass is 32.2. The molecule has 1 aromatic carbocycles. The molecule has 0 saturated carbocycles. The van der Waals surface area contributed by atoms with Crippen molar-refractivity contribution in [3.8, 4) is 17.2 Å². The van der Waals surface area contributed by atoms with E-state index >= 15 is 0 Å². The molecule has 114 valence electrons. The summed E-state index contributed by atoms with van der Waals surface area (Å²) in [6.07, 6.45) is 0.552. The van der Waals surface area contributed by atoms with Gasteiger partial charge >= 0.3 is 0 Å². The molecule has 0 aliphatic rings. The van der Waals surface area contributed by atoms with Gasteiger partial charge in [0.1, 0.15) is 5.75 Å². The van der Waals surface area contributed by atoms with Crippen molar-refractivity contribution in [1.82, 2.24) is 14.9 Å². The van der Waals surface area contributed by atoms with Crippen molar-refractivity contribution in [3.63, 3.8) is 0 Å². The summed E-state index contributed by atoms with van der Waals surface area (Å²) in [6, 6.07) is 7.14. The maximum absolute atomic E-state index is 11.5. The first-order valence-corrected chi connectivity index (χ1v) is 8.13. The molecule has 8 heteroatoms. The van der Waals surface area contributed by atoms with E-state index in [4.69, 9.17) is 9.15 Å². The zero-order valence-corrected chi connectivity index (χ0v) is 12.7. The quantitative estimate of drug-likeness (QED) is 0.834. The van der Waals surface area contributed by atoms with Crippen LogP contribution in [0.25, 0.3) is 11.5 Å². The predicted molar refractivity (Wildman–Crippen MR) is 77.2 cm³/mol. The van der Waals surface area contributed by atoms with Crippen LogP contribution in [0.3, 0.4) is 0 Å². The van der Waals surface area contributed by atoms with E-state index < -0.39 is 10.0 Å². The van der Waals surface area contributed by atoms with Crippen LogP contribution >= 0.6 is 0 Å². The SMILES string of the molecule is CCCS(=O)(=O)NCc1nnc(-c2ccc(OC)cc2)o1. The summed E-state index contributed by atoms with van der Waals surface area (Å²) in [7, 11) is -1.70. The fraction of sp³-hybridized carbons (Fsp3) is 0.385. The maximum atomic E-state index is 11.5. The van der Waals surface area contributed by atoms with Crippen molar-refractivity contribution in [1.29, 1.82) is 0 Å². The molecule has 0 bridgehead atoms. The highest BCUT2D eigenvalue weighted by Crippen LogP contribution is 2.21. The van der Waals surface area contributed by atoms with Gasteiger partial charge in [-0.3, -0.25) is 0 Å². The van der Waals surface area contributed by atoms with Crippen LogP contribution in [-0.4, -0.2) is 31.5 Å². The first-order chi connectivity index (χ1) is 10.0. The van der Waals surface area contributed by atoms with E-state index in [0.717, 1.165) is 11.3 Å². The Kier molecular flexibility index (Phi) is 4.92. The summed E-state index contributed by atoms with van der Waals surface area (Å²) in [5.41, 5.74) is 0.742. The number of hydrogen-bond donors (Lipinski definition) is 1. The summed E-state index contributed by atoms with van der Waals surface area (Å²) < 4.78 is 36.0. The van der Waals surface area contributed by atoms with Gasteiger partial charge in [-0.2, -0.15) is 0 Å². The van der Waals surface area contributed by atoms with Gasteiger partial charge in [0, 0.05) is 5.56 Å². The predicted octanol–water partition coefficient (Wildman–Crippen LogP) is 1.57. The van der Waals surface area contributed by atoms with Crippen molar-refractivity contribution in [2.75, 3.05) is 12.9 Å². The fourth-order valence-corrected chi connectivity index (χ4v) is 2.71. The second kappa shape index (κ2) is 6.68. The van der Waals surface area contributed by atoms with Gasteiger partial charge in [0.15, 0.2) is 0 Å². The van der Waals surface area contributed by atoms with E-state index in [2.05, 4.69) is 14.9 Å². The van der Waals surface area contributed by atoms with Gasteiger partial charge in [-0.1, -0.05) is 6.92 Å². The van der Waals surface area contributed by atoms with Crippen LogP contribution in [0.15, 0.2) is 28.7 Å². The molecule has 0 saturated heterocycles. The Balaban J connectivity index is 2.04. The molecule has 7 nitrogen and oxygen atoms in total. The number of methoxy groups -OCH3 is 1. The molecule has 0 atom stereocenters. The number of ether oxygens (including phenoxy) is 1. The lowest BCUT2D eigenvalue weighted by molar-refractivity contribution is 0.415. The lowest BCUT2D eigenvalue weighted by Gasteiger charge is -2.02. The Morgan fingerprint density at radius 3 is 2.57 bits per heavy atom. The van der Waals surface area contributed by atoms with E-state index in [-0.39, 0.29) is 18.2 Å². The monoisotopic (exact) mass is 311 g/mol. The molecular weight excluding hydrogens is 294 g/mol. The third-order valence-electron chi connectivity index (χ3n) is 2.72. The Hall–Kier alpha value is -1.93. The van der Waals surface area contributed by atoms with Gasteiger partial charge in [0.05, 0.1) is 19.4 Å². The number of rotatable bonds is 7. The van der Waals surface area contributed by atoms with E-state index in [0.29, 0.717) is 12.3 Å². The van der Waals surface area contributed by atoms with Crippen LogP contribution in [0.4, 0.5) is 0 Å². The van der Waals surface area contributed by atoms with Crippen molar-refractivity contribution in [3.05, 3.63) is 30.2 Å². The molecule has 1 N–H and O–H groups in total. The van der Waals surface area contributed by atoms with Gasteiger partial charge in [-0.25, -0.2) is 13.1 Å². The maximum Gasteiger partial charge on any atom is 0.247 e. The van der Waals surface area contributed by atoms with Crippen LogP contribution < -0.4 is 9.46 Å². The lowest BCUT2D eigenvalue weighted by Crippen LogP contribution is -2.25. The topological polar surface area (TPSA) is 94.3 Å². The Morgan fingerprint density at radius 2 is 1.95 bits per heavy atom. The zero-order chi connectivity index (χ0) is 15.3. The summed E-state index contributed by atoms with van der Waals surface area (Å²) >= 11 is 0. The Labute approximate surface area is 123 Å². The highest BCUT2D eigenvalue weighted by molar-refractivity contribution is 7.89. The van der Waals surface area contributed by atoms with E-state index in [1.165, 1.54) is 0 Å².